The standard InChI is InChI=1S/C16H23N3O3S/c1-11-6-7-13(12(2)10-11)23(20,21)17-9-8-14-18-15(22-19-14)16(3,4)5/h6-7,10,17H,8-9H2,1-5H3. The van der Waals surface area contributed by atoms with E-state index >= 15 is 0 Å². The number of aryl methyl sites for hydroxylation is 2. The number of nitrogens with zero attached hydrogens (tertiary/aromatic N) is 2. The molecule has 0 saturated carbocycles. The van der Waals surface area contributed by atoms with Crippen LogP contribution in [0.15, 0.2) is 27.6 Å². The minimum absolute atomic E-state index is 0.218. The van der Waals surface area contributed by atoms with Crippen molar-refractivity contribution in [3.05, 3.63) is 41.0 Å². The van der Waals surface area contributed by atoms with Crippen molar-refractivity contribution in [2.75, 3.05) is 6.54 Å². The largest absolute Gasteiger partial charge is 0.339 e. The van der Waals surface area contributed by atoms with Crippen LogP contribution in [0.3, 0.4) is 0 Å². The first-order chi connectivity index (χ1) is 10.6. The number of sulfonamides is 1. The quantitative estimate of drug-likeness (QED) is 0.906. The fourth-order valence-corrected chi connectivity index (χ4v) is 3.39. The van der Waals surface area contributed by atoms with Crippen LogP contribution in [-0.4, -0.2) is 25.1 Å². The molecule has 6 nitrogen and oxygen atoms in total. The van der Waals surface area contributed by atoms with Crippen molar-refractivity contribution in [2.24, 2.45) is 0 Å². The van der Waals surface area contributed by atoms with Crippen molar-refractivity contribution in [1.82, 2.24) is 14.9 Å². The summed E-state index contributed by atoms with van der Waals surface area (Å²) in [7, 11) is -3.54. The van der Waals surface area contributed by atoms with Gasteiger partial charge in [-0.05, 0) is 25.5 Å². The molecule has 0 radical (unpaired) electrons. The maximum Gasteiger partial charge on any atom is 0.240 e. The molecule has 1 heterocycles. The van der Waals surface area contributed by atoms with Gasteiger partial charge in [0.1, 0.15) is 0 Å². The topological polar surface area (TPSA) is 85.1 Å². The predicted octanol–water partition coefficient (Wildman–Crippen LogP) is 2.50. The molecule has 126 valence electrons. The lowest BCUT2D eigenvalue weighted by Crippen LogP contribution is -2.27. The Morgan fingerprint density at radius 2 is 1.91 bits per heavy atom. The fraction of sp³-hybridized carbons (Fsp3) is 0.500. The summed E-state index contributed by atoms with van der Waals surface area (Å²) in [5.74, 6) is 1.04. The van der Waals surface area contributed by atoms with E-state index in [0.29, 0.717) is 23.0 Å². The minimum atomic E-state index is -3.54. The number of benzene rings is 1. The highest BCUT2D eigenvalue weighted by Gasteiger charge is 2.22. The lowest BCUT2D eigenvalue weighted by atomic mass is 9.97. The van der Waals surface area contributed by atoms with Crippen LogP contribution < -0.4 is 4.72 Å². The van der Waals surface area contributed by atoms with Gasteiger partial charge in [-0.2, -0.15) is 4.98 Å². The monoisotopic (exact) mass is 337 g/mol. The fourth-order valence-electron chi connectivity index (χ4n) is 2.14. The number of rotatable bonds is 5. The van der Waals surface area contributed by atoms with Crippen LogP contribution in [0.5, 0.6) is 0 Å². The normalized spacial score (nSPS) is 12.6. The Hall–Kier alpha value is -1.73. The number of aromatic nitrogens is 2. The smallest absolute Gasteiger partial charge is 0.240 e. The van der Waals surface area contributed by atoms with Crippen LogP contribution in [0, 0.1) is 13.8 Å². The second kappa shape index (κ2) is 6.41. The number of hydrogen-bond acceptors (Lipinski definition) is 5. The lowest BCUT2D eigenvalue weighted by molar-refractivity contribution is 0.318. The van der Waals surface area contributed by atoms with Crippen molar-refractivity contribution >= 4 is 10.0 Å². The predicted molar refractivity (Wildman–Crippen MR) is 87.8 cm³/mol. The van der Waals surface area contributed by atoms with E-state index in [-0.39, 0.29) is 12.0 Å². The van der Waals surface area contributed by atoms with Crippen molar-refractivity contribution in [2.45, 2.75) is 51.3 Å². The second-order valence-electron chi connectivity index (χ2n) is 6.68. The average Bonchev–Trinajstić information content (AvgIpc) is 2.86. The third-order valence-electron chi connectivity index (χ3n) is 3.37. The third kappa shape index (κ3) is 4.39. The van der Waals surface area contributed by atoms with E-state index in [2.05, 4.69) is 14.9 Å². The van der Waals surface area contributed by atoms with Crippen molar-refractivity contribution in [3.8, 4) is 0 Å². The summed E-state index contributed by atoms with van der Waals surface area (Å²) < 4.78 is 32.5. The van der Waals surface area contributed by atoms with E-state index in [4.69, 9.17) is 4.52 Å². The molecular formula is C16H23N3O3S. The molecular weight excluding hydrogens is 314 g/mol. The summed E-state index contributed by atoms with van der Waals surface area (Å²) >= 11 is 0. The zero-order valence-corrected chi connectivity index (χ0v) is 15.0. The summed E-state index contributed by atoms with van der Waals surface area (Å²) in [6.45, 7) is 9.88. The molecule has 0 unspecified atom stereocenters. The Kier molecular flexibility index (Phi) is 4.91. The van der Waals surface area contributed by atoms with Crippen LogP contribution in [0.25, 0.3) is 0 Å². The van der Waals surface area contributed by atoms with Gasteiger partial charge in [0.15, 0.2) is 5.82 Å². The molecule has 0 fully saturated rings. The van der Waals surface area contributed by atoms with Gasteiger partial charge in [0.25, 0.3) is 0 Å². The first kappa shape index (κ1) is 17.6. The Bertz CT molecular complexity index is 789. The molecule has 0 saturated heterocycles. The van der Waals surface area contributed by atoms with E-state index in [0.717, 1.165) is 11.1 Å². The maximum atomic E-state index is 12.3. The summed E-state index contributed by atoms with van der Waals surface area (Å²) in [4.78, 5) is 4.59. The lowest BCUT2D eigenvalue weighted by Gasteiger charge is -2.10. The molecule has 1 aromatic heterocycles. The van der Waals surface area contributed by atoms with Crippen LogP contribution >= 0.6 is 0 Å². The molecule has 0 aliphatic heterocycles. The summed E-state index contributed by atoms with van der Waals surface area (Å²) in [6.07, 6.45) is 0.379. The van der Waals surface area contributed by atoms with E-state index in [1.807, 2.05) is 33.8 Å². The van der Waals surface area contributed by atoms with Gasteiger partial charge in [0, 0.05) is 18.4 Å². The molecule has 2 rings (SSSR count). The average molecular weight is 337 g/mol. The highest BCUT2D eigenvalue weighted by atomic mass is 32.2. The summed E-state index contributed by atoms with van der Waals surface area (Å²) in [5.41, 5.74) is 1.54. The molecule has 0 aliphatic carbocycles. The molecule has 1 aromatic carbocycles. The molecule has 0 bridgehead atoms. The van der Waals surface area contributed by atoms with Gasteiger partial charge >= 0.3 is 0 Å². The van der Waals surface area contributed by atoms with Gasteiger partial charge in [-0.1, -0.05) is 43.6 Å². The second-order valence-corrected chi connectivity index (χ2v) is 8.42. The Morgan fingerprint density at radius 1 is 1.22 bits per heavy atom. The minimum Gasteiger partial charge on any atom is -0.339 e. The van der Waals surface area contributed by atoms with E-state index in [9.17, 15) is 8.42 Å². The van der Waals surface area contributed by atoms with Crippen LogP contribution in [0.4, 0.5) is 0 Å². The molecule has 23 heavy (non-hydrogen) atoms. The van der Waals surface area contributed by atoms with E-state index in [1.54, 1.807) is 19.1 Å². The highest BCUT2D eigenvalue weighted by molar-refractivity contribution is 7.89. The first-order valence-electron chi connectivity index (χ1n) is 7.49. The molecule has 2 aromatic rings. The Balaban J connectivity index is 2.01. The Labute approximate surface area is 137 Å². The number of nitrogens with one attached hydrogen (secondary N) is 1. The van der Waals surface area contributed by atoms with Crippen LogP contribution in [0.1, 0.15) is 43.6 Å². The third-order valence-corrected chi connectivity index (χ3v) is 4.99. The molecule has 0 spiro atoms. The zero-order valence-electron chi connectivity index (χ0n) is 14.2. The molecule has 0 atom stereocenters. The SMILES string of the molecule is Cc1ccc(S(=O)(=O)NCCc2noc(C(C)(C)C)n2)c(C)c1. The van der Waals surface area contributed by atoms with Crippen molar-refractivity contribution in [1.29, 1.82) is 0 Å². The van der Waals surface area contributed by atoms with Gasteiger partial charge in [-0.25, -0.2) is 13.1 Å². The van der Waals surface area contributed by atoms with Gasteiger partial charge in [0.2, 0.25) is 15.9 Å². The summed E-state index contributed by atoms with van der Waals surface area (Å²) in [6, 6.07) is 5.26. The van der Waals surface area contributed by atoms with Gasteiger partial charge in [0.05, 0.1) is 4.90 Å². The first-order valence-corrected chi connectivity index (χ1v) is 8.98. The van der Waals surface area contributed by atoms with Gasteiger partial charge < -0.3 is 4.52 Å². The van der Waals surface area contributed by atoms with E-state index < -0.39 is 10.0 Å². The maximum absolute atomic E-state index is 12.3. The van der Waals surface area contributed by atoms with Crippen molar-refractivity contribution < 1.29 is 12.9 Å². The van der Waals surface area contributed by atoms with Crippen LogP contribution in [0.2, 0.25) is 0 Å². The zero-order chi connectivity index (χ0) is 17.3. The molecule has 7 heteroatoms. The van der Waals surface area contributed by atoms with Crippen molar-refractivity contribution in [3.63, 3.8) is 0 Å². The van der Waals surface area contributed by atoms with Gasteiger partial charge in [-0.15, -0.1) is 0 Å². The highest BCUT2D eigenvalue weighted by Crippen LogP contribution is 2.20. The molecule has 0 amide bonds. The molecule has 1 N–H and O–H groups in total. The Morgan fingerprint density at radius 3 is 2.48 bits per heavy atom. The molecule has 0 aliphatic rings. The number of hydrogen-bond donors (Lipinski definition) is 1. The van der Waals surface area contributed by atoms with Gasteiger partial charge in [-0.3, -0.25) is 0 Å². The van der Waals surface area contributed by atoms with Crippen LogP contribution in [-0.2, 0) is 21.9 Å². The summed E-state index contributed by atoms with van der Waals surface area (Å²) in [5, 5.41) is 3.88. The van der Waals surface area contributed by atoms with E-state index in [1.165, 1.54) is 0 Å².